The summed E-state index contributed by atoms with van der Waals surface area (Å²) < 4.78 is 21.3. The van der Waals surface area contributed by atoms with Crippen LogP contribution in [-0.4, -0.2) is 17.2 Å². The van der Waals surface area contributed by atoms with Gasteiger partial charge in [0, 0.05) is 13.8 Å². The maximum atomic E-state index is 8.69. The molecule has 0 saturated heterocycles. The average Bonchev–Trinajstić information content (AvgIpc) is 2.30. The highest BCUT2D eigenvalue weighted by molar-refractivity contribution is 7.22. The van der Waals surface area contributed by atoms with E-state index in [1.165, 1.54) is 12.1 Å². The van der Waals surface area contributed by atoms with Crippen LogP contribution in [0.1, 0.15) is 8.99 Å². The monoisotopic (exact) mass is 146 g/mol. The van der Waals surface area contributed by atoms with E-state index in [4.69, 9.17) is 14.2 Å². The molecule has 0 aliphatic carbocycles. The van der Waals surface area contributed by atoms with Gasteiger partial charge in [-0.25, -0.2) is 0 Å². The third-order valence-electron chi connectivity index (χ3n) is 0.881. The van der Waals surface area contributed by atoms with Gasteiger partial charge in [-0.3, -0.25) is 0 Å². The predicted octanol–water partition coefficient (Wildman–Crippen LogP) is -0.264. The molecule has 48 valence electrons. The van der Waals surface area contributed by atoms with Crippen molar-refractivity contribution in [3.05, 3.63) is 17.0 Å². The summed E-state index contributed by atoms with van der Waals surface area (Å²) in [6.07, 6.45) is 0. The quantitative estimate of drug-likeness (QED) is 0.423. The molecule has 0 atom stereocenters. The zero-order valence-corrected chi connectivity index (χ0v) is 5.35. The highest BCUT2D eigenvalue weighted by Gasteiger charge is 2.11. The van der Waals surface area contributed by atoms with E-state index in [0.29, 0.717) is 0 Å². The summed E-state index contributed by atoms with van der Waals surface area (Å²) in [5, 5.41) is 17.4. The smallest absolute Gasteiger partial charge is 0.423 e. The number of thiophene rings is 1. The normalized spacial score (nSPS) is 16.0. The Bertz CT molecular complexity index is 270. The predicted molar refractivity (Wildman–Crippen MR) is 38.9 cm³/mol. The van der Waals surface area contributed by atoms with Crippen molar-refractivity contribution in [2.24, 2.45) is 0 Å². The molecule has 4 heteroatoms. The highest BCUT2D eigenvalue weighted by Crippen LogP contribution is 2.03. The lowest BCUT2D eigenvalue weighted by Gasteiger charge is -1.88. The molecule has 1 rings (SSSR count). The first-order valence-corrected chi connectivity index (χ1v) is 3.19. The minimum Gasteiger partial charge on any atom is -0.423 e. The summed E-state index contributed by atoms with van der Waals surface area (Å²) >= 11 is 0.885. The van der Waals surface area contributed by atoms with Crippen molar-refractivity contribution < 1.29 is 14.2 Å². The second-order valence-corrected chi connectivity index (χ2v) is 2.69. The second-order valence-electron chi connectivity index (χ2n) is 1.58. The van der Waals surface area contributed by atoms with Crippen molar-refractivity contribution >= 4 is 23.2 Å². The van der Waals surface area contributed by atoms with E-state index in [-0.39, 0.29) is 9.65 Å². The molecule has 1 heterocycles. The van der Waals surface area contributed by atoms with Crippen LogP contribution in [0.5, 0.6) is 0 Å². The molecular weight excluding hydrogens is 136 g/mol. The van der Waals surface area contributed by atoms with Gasteiger partial charge in [0.2, 0.25) is 0 Å². The van der Waals surface area contributed by atoms with Crippen LogP contribution in [-0.2, 0) is 0 Å². The van der Waals surface area contributed by atoms with Crippen molar-refractivity contribution in [1.82, 2.24) is 0 Å². The molecule has 0 aliphatic rings. The van der Waals surface area contributed by atoms with Gasteiger partial charge in [-0.15, -0.1) is 11.3 Å². The van der Waals surface area contributed by atoms with Crippen LogP contribution in [0.2, 0.25) is 0 Å². The van der Waals surface area contributed by atoms with Gasteiger partial charge in [0.15, 0.2) is 0 Å². The van der Waals surface area contributed by atoms with Crippen molar-refractivity contribution in [2.75, 3.05) is 0 Å². The molecule has 9 heavy (non-hydrogen) atoms. The number of rotatable bonds is 1. The van der Waals surface area contributed by atoms with Gasteiger partial charge in [-0.1, -0.05) is 6.07 Å². The van der Waals surface area contributed by atoms with E-state index in [1.54, 1.807) is 0 Å². The summed E-state index contributed by atoms with van der Waals surface area (Å²) in [6, 6.07) is 2.78. The molecule has 0 bridgehead atoms. The van der Waals surface area contributed by atoms with E-state index in [0.717, 1.165) is 11.3 Å². The highest BCUT2D eigenvalue weighted by atomic mass is 32.1. The van der Waals surface area contributed by atoms with Crippen LogP contribution in [0, 0.1) is 6.85 Å². The van der Waals surface area contributed by atoms with Gasteiger partial charge in [-0.2, -0.15) is 0 Å². The van der Waals surface area contributed by atoms with Crippen LogP contribution in [0.3, 0.4) is 0 Å². The summed E-state index contributed by atoms with van der Waals surface area (Å²) in [7, 11) is -1.58. The van der Waals surface area contributed by atoms with Crippen LogP contribution in [0.15, 0.2) is 12.1 Å². The van der Waals surface area contributed by atoms with Gasteiger partial charge >= 0.3 is 7.12 Å². The Kier molecular flexibility index (Phi) is 1.05. The van der Waals surface area contributed by atoms with Crippen LogP contribution in [0.25, 0.3) is 0 Å². The summed E-state index contributed by atoms with van der Waals surface area (Å²) in [5.41, 5.74) is 0. The fourth-order valence-corrected chi connectivity index (χ4v) is 1.12. The fraction of sp³-hybridized carbons (Fsp3) is 0.200. The standard InChI is InChI=1S/C5H7BO2S/c1-4-2-3-5(9-4)6(7)8/h2-3,7-8H,1H3/i1+1D3. The third-order valence-corrected chi connectivity index (χ3v) is 1.82. The molecule has 0 unspecified atom stereocenters. The van der Waals surface area contributed by atoms with Crippen molar-refractivity contribution in [3.63, 3.8) is 0 Å². The Hall–Kier alpha value is -0.315. The number of hydrogen-bond acceptors (Lipinski definition) is 3. The Morgan fingerprint density at radius 3 is 2.78 bits per heavy atom. The largest absolute Gasteiger partial charge is 0.499 e. The maximum Gasteiger partial charge on any atom is 0.499 e. The molecule has 0 aliphatic heterocycles. The minimum atomic E-state index is -2.15. The summed E-state index contributed by atoms with van der Waals surface area (Å²) in [4.78, 5) is 0.172. The lowest BCUT2D eigenvalue weighted by Crippen LogP contribution is -2.26. The van der Waals surface area contributed by atoms with Crippen LogP contribution in [0.4, 0.5) is 0 Å². The molecule has 1 aromatic heterocycles. The van der Waals surface area contributed by atoms with Crippen molar-refractivity contribution in [2.45, 2.75) is 6.85 Å². The zero-order valence-electron chi connectivity index (χ0n) is 7.53. The first-order chi connectivity index (χ1) is 5.41. The van der Waals surface area contributed by atoms with E-state index in [1.807, 2.05) is 0 Å². The molecule has 0 aromatic carbocycles. The van der Waals surface area contributed by atoms with E-state index < -0.39 is 14.0 Å². The Balaban J connectivity index is 2.92. The SMILES string of the molecule is [2H][13C]([2H])([2H])c1ccc(B(O)O)s1. The molecule has 0 radical (unpaired) electrons. The van der Waals surface area contributed by atoms with Crippen LogP contribution >= 0.6 is 11.3 Å². The van der Waals surface area contributed by atoms with Gasteiger partial charge in [-0.05, 0) is 12.9 Å². The lowest BCUT2D eigenvalue weighted by atomic mass is 9.90. The fourth-order valence-electron chi connectivity index (χ4n) is 0.492. The number of aryl methyl sites for hydroxylation is 1. The molecule has 0 spiro atoms. The first-order valence-electron chi connectivity index (χ1n) is 3.87. The lowest BCUT2D eigenvalue weighted by molar-refractivity contribution is 0.427. The van der Waals surface area contributed by atoms with E-state index in [9.17, 15) is 0 Å². The third kappa shape index (κ3) is 1.54. The van der Waals surface area contributed by atoms with Crippen molar-refractivity contribution in [3.8, 4) is 0 Å². The maximum absolute atomic E-state index is 8.69. The number of hydrogen-bond donors (Lipinski definition) is 2. The van der Waals surface area contributed by atoms with Crippen LogP contribution < -0.4 is 4.78 Å². The Morgan fingerprint density at radius 2 is 2.44 bits per heavy atom. The molecule has 2 N–H and O–H groups in total. The first kappa shape index (κ1) is 3.76. The summed E-state index contributed by atoms with van der Waals surface area (Å²) in [5.74, 6) is 0. The van der Waals surface area contributed by atoms with E-state index >= 15 is 0 Å². The molecule has 0 amide bonds. The van der Waals surface area contributed by atoms with Crippen molar-refractivity contribution in [1.29, 1.82) is 0 Å². The minimum absolute atomic E-state index is 0.172. The van der Waals surface area contributed by atoms with Gasteiger partial charge in [0.05, 0.1) is 0 Å². The second kappa shape index (κ2) is 2.52. The molecule has 2 nitrogen and oxygen atoms in total. The summed E-state index contributed by atoms with van der Waals surface area (Å²) in [6.45, 7) is -2.15. The van der Waals surface area contributed by atoms with Gasteiger partial charge in [0.1, 0.15) is 0 Å². The van der Waals surface area contributed by atoms with Gasteiger partial charge < -0.3 is 10.0 Å². The molecule has 1 aromatic rings. The molecular formula is C5H7BO2S. The average molecular weight is 146 g/mol. The van der Waals surface area contributed by atoms with Gasteiger partial charge in [0.25, 0.3) is 0 Å². The Labute approximate surface area is 62.1 Å². The zero-order chi connectivity index (χ0) is 9.35. The van der Waals surface area contributed by atoms with E-state index in [2.05, 4.69) is 0 Å². The molecule has 0 fully saturated rings. The topological polar surface area (TPSA) is 40.5 Å². The Morgan fingerprint density at radius 1 is 1.67 bits per heavy atom. The molecule has 0 saturated carbocycles.